The Bertz CT molecular complexity index is 950. The van der Waals surface area contributed by atoms with E-state index in [1.54, 1.807) is 6.07 Å². The van der Waals surface area contributed by atoms with Gasteiger partial charge in [-0.15, -0.1) is 0 Å². The van der Waals surface area contributed by atoms with E-state index in [1.807, 2.05) is 30.5 Å². The molecule has 0 N–H and O–H groups in total. The average molecular weight is 407 g/mol. The van der Waals surface area contributed by atoms with E-state index in [1.165, 1.54) is 18.2 Å². The molecule has 0 bridgehead atoms. The van der Waals surface area contributed by atoms with Gasteiger partial charge in [-0.05, 0) is 48.4 Å². The van der Waals surface area contributed by atoms with Gasteiger partial charge in [0.25, 0.3) is 0 Å². The first-order valence-corrected chi connectivity index (χ1v) is 9.57. The number of halogens is 4. The van der Waals surface area contributed by atoms with Crippen LogP contribution in [0.4, 0.5) is 8.78 Å². The van der Waals surface area contributed by atoms with Gasteiger partial charge in [-0.1, -0.05) is 35.3 Å². The molecule has 0 saturated carbocycles. The number of nitrogens with zero attached hydrogens (tertiary/aromatic N) is 2. The van der Waals surface area contributed by atoms with Crippen LogP contribution in [0.5, 0.6) is 0 Å². The van der Waals surface area contributed by atoms with Crippen molar-refractivity contribution in [2.24, 2.45) is 0 Å². The smallest absolute Gasteiger partial charge is 0.130 e. The topological polar surface area (TPSA) is 8.17 Å². The van der Waals surface area contributed by atoms with E-state index < -0.39 is 11.6 Å². The summed E-state index contributed by atoms with van der Waals surface area (Å²) in [5.41, 5.74) is 2.10. The Morgan fingerprint density at radius 3 is 2.44 bits per heavy atom. The molecule has 1 atom stereocenters. The van der Waals surface area contributed by atoms with Crippen molar-refractivity contribution < 1.29 is 8.78 Å². The molecule has 27 heavy (non-hydrogen) atoms. The second-order valence-corrected chi connectivity index (χ2v) is 7.54. The Kier molecular flexibility index (Phi) is 5.22. The highest BCUT2D eigenvalue weighted by Crippen LogP contribution is 2.36. The maximum Gasteiger partial charge on any atom is 0.130 e. The molecule has 0 fully saturated rings. The predicted octanol–water partition coefficient (Wildman–Crippen LogP) is 6.07. The van der Waals surface area contributed by atoms with Crippen molar-refractivity contribution in [3.05, 3.63) is 93.2 Å². The number of aromatic nitrogens is 1. The molecule has 140 valence electrons. The summed E-state index contributed by atoms with van der Waals surface area (Å²) >= 11 is 12.3. The highest BCUT2D eigenvalue weighted by Gasteiger charge is 2.29. The summed E-state index contributed by atoms with van der Waals surface area (Å²) in [5, 5.41) is 0.949. The highest BCUT2D eigenvalue weighted by molar-refractivity contribution is 6.42. The van der Waals surface area contributed by atoms with Crippen molar-refractivity contribution in [2.45, 2.75) is 25.6 Å². The third kappa shape index (κ3) is 3.62. The van der Waals surface area contributed by atoms with Crippen molar-refractivity contribution in [3.63, 3.8) is 0 Å². The molecule has 2 nitrogen and oxygen atoms in total. The zero-order valence-electron chi connectivity index (χ0n) is 14.5. The van der Waals surface area contributed by atoms with E-state index >= 15 is 0 Å². The number of hydrogen-bond donors (Lipinski definition) is 0. The third-order valence-corrected chi connectivity index (χ3v) is 5.78. The SMILES string of the molecule is Fc1cccc(F)c1CN1CCCn2cccc2[C@H]1c1ccc(Cl)c(Cl)c1. The Hall–Kier alpha value is -1.88. The van der Waals surface area contributed by atoms with Crippen LogP contribution in [0, 0.1) is 11.6 Å². The number of aryl methyl sites for hydroxylation is 1. The van der Waals surface area contributed by atoms with E-state index in [4.69, 9.17) is 23.2 Å². The van der Waals surface area contributed by atoms with Gasteiger partial charge in [0.15, 0.2) is 0 Å². The van der Waals surface area contributed by atoms with E-state index in [-0.39, 0.29) is 18.2 Å². The number of benzene rings is 2. The van der Waals surface area contributed by atoms with Crippen molar-refractivity contribution in [3.8, 4) is 0 Å². The molecule has 3 aromatic rings. The van der Waals surface area contributed by atoms with Gasteiger partial charge in [-0.25, -0.2) is 8.78 Å². The van der Waals surface area contributed by atoms with Gasteiger partial charge in [0.1, 0.15) is 11.6 Å². The predicted molar refractivity (Wildman–Crippen MR) is 104 cm³/mol. The lowest BCUT2D eigenvalue weighted by atomic mass is 10.0. The fourth-order valence-corrected chi connectivity index (χ4v) is 4.07. The van der Waals surface area contributed by atoms with Gasteiger partial charge >= 0.3 is 0 Å². The summed E-state index contributed by atoms with van der Waals surface area (Å²) in [4.78, 5) is 2.10. The Morgan fingerprint density at radius 2 is 1.70 bits per heavy atom. The van der Waals surface area contributed by atoms with Crippen molar-refractivity contribution >= 4 is 23.2 Å². The fraction of sp³-hybridized carbons (Fsp3) is 0.238. The standard InChI is InChI=1S/C21H18Cl2F2N2/c22-16-8-7-14(12-17(16)23)21-20-6-2-9-26(20)10-3-11-27(21)13-15-18(24)4-1-5-19(15)25/h1-2,4-9,12,21H,3,10-11,13H2/t21-/m1/s1. The third-order valence-electron chi connectivity index (χ3n) is 5.04. The largest absolute Gasteiger partial charge is 0.350 e. The van der Waals surface area contributed by atoms with Crippen LogP contribution in [-0.4, -0.2) is 16.0 Å². The van der Waals surface area contributed by atoms with Crippen LogP contribution < -0.4 is 0 Å². The molecule has 0 aliphatic carbocycles. The van der Waals surface area contributed by atoms with E-state index in [9.17, 15) is 8.78 Å². The Balaban J connectivity index is 1.79. The maximum atomic E-state index is 14.3. The molecule has 1 aliphatic rings. The van der Waals surface area contributed by atoms with Gasteiger partial charge in [0.2, 0.25) is 0 Å². The normalized spacial score (nSPS) is 17.6. The van der Waals surface area contributed by atoms with Crippen LogP contribution in [-0.2, 0) is 13.1 Å². The van der Waals surface area contributed by atoms with Crippen molar-refractivity contribution in [2.75, 3.05) is 6.54 Å². The zero-order chi connectivity index (χ0) is 19.0. The molecule has 4 rings (SSSR count). The van der Waals surface area contributed by atoms with Crippen molar-refractivity contribution in [1.82, 2.24) is 9.47 Å². The summed E-state index contributed by atoms with van der Waals surface area (Å²) in [7, 11) is 0. The Morgan fingerprint density at radius 1 is 0.926 bits per heavy atom. The minimum atomic E-state index is -0.525. The lowest BCUT2D eigenvalue weighted by Gasteiger charge is -2.31. The van der Waals surface area contributed by atoms with E-state index in [0.29, 0.717) is 16.6 Å². The van der Waals surface area contributed by atoms with Gasteiger partial charge in [-0.2, -0.15) is 0 Å². The summed E-state index contributed by atoms with van der Waals surface area (Å²) in [6.07, 6.45) is 2.92. The van der Waals surface area contributed by atoms with Gasteiger partial charge < -0.3 is 4.57 Å². The fourth-order valence-electron chi connectivity index (χ4n) is 3.76. The molecule has 1 aliphatic heterocycles. The summed E-state index contributed by atoms with van der Waals surface area (Å²) in [6.45, 7) is 1.74. The van der Waals surface area contributed by atoms with Crippen LogP contribution in [0.25, 0.3) is 0 Å². The number of fused-ring (bicyclic) bond motifs is 1. The second-order valence-electron chi connectivity index (χ2n) is 6.73. The quantitative estimate of drug-likeness (QED) is 0.512. The summed E-state index contributed by atoms with van der Waals surface area (Å²) in [5.74, 6) is -1.05. The molecule has 0 spiro atoms. The molecular weight excluding hydrogens is 389 g/mol. The first-order valence-electron chi connectivity index (χ1n) is 8.81. The average Bonchev–Trinajstić information content (AvgIpc) is 3.02. The minimum absolute atomic E-state index is 0.0857. The molecule has 0 unspecified atom stereocenters. The first-order chi connectivity index (χ1) is 13.0. The highest BCUT2D eigenvalue weighted by atomic mass is 35.5. The van der Waals surface area contributed by atoms with E-state index in [2.05, 4.69) is 9.47 Å². The summed E-state index contributed by atoms with van der Waals surface area (Å²) in [6, 6.07) is 13.4. The molecular formula is C21H18Cl2F2N2. The zero-order valence-corrected chi connectivity index (χ0v) is 16.0. The van der Waals surface area contributed by atoms with Gasteiger partial charge in [0, 0.05) is 37.1 Å². The van der Waals surface area contributed by atoms with Crippen LogP contribution in [0.1, 0.15) is 29.3 Å². The minimum Gasteiger partial charge on any atom is -0.350 e. The lowest BCUT2D eigenvalue weighted by Crippen LogP contribution is -2.30. The molecule has 2 aromatic carbocycles. The van der Waals surface area contributed by atoms with E-state index in [0.717, 1.165) is 24.2 Å². The monoisotopic (exact) mass is 406 g/mol. The molecule has 2 heterocycles. The molecule has 6 heteroatoms. The summed E-state index contributed by atoms with van der Waals surface area (Å²) < 4.78 is 30.7. The van der Waals surface area contributed by atoms with Gasteiger partial charge in [0.05, 0.1) is 16.1 Å². The first kappa shape index (κ1) is 18.5. The van der Waals surface area contributed by atoms with Crippen LogP contribution in [0.15, 0.2) is 54.7 Å². The molecule has 0 radical (unpaired) electrons. The number of hydrogen-bond acceptors (Lipinski definition) is 1. The molecule has 0 amide bonds. The Labute approximate surface area is 166 Å². The van der Waals surface area contributed by atoms with Crippen LogP contribution in [0.3, 0.4) is 0 Å². The van der Waals surface area contributed by atoms with Crippen LogP contribution in [0.2, 0.25) is 10.0 Å². The molecule has 1 aromatic heterocycles. The van der Waals surface area contributed by atoms with Crippen molar-refractivity contribution in [1.29, 1.82) is 0 Å². The lowest BCUT2D eigenvalue weighted by molar-refractivity contribution is 0.214. The second kappa shape index (κ2) is 7.63. The van der Waals surface area contributed by atoms with Crippen LogP contribution >= 0.6 is 23.2 Å². The van der Waals surface area contributed by atoms with Gasteiger partial charge in [-0.3, -0.25) is 4.90 Å². The molecule has 0 saturated heterocycles. The maximum absolute atomic E-state index is 14.3. The number of rotatable bonds is 3.